The number of hydrogen-bond acceptors (Lipinski definition) is 2. The van der Waals surface area contributed by atoms with Gasteiger partial charge in [-0.25, -0.2) is 0 Å². The van der Waals surface area contributed by atoms with Gasteiger partial charge in [-0.3, -0.25) is 0 Å². The first-order chi connectivity index (χ1) is 10.2. The zero-order chi connectivity index (χ0) is 14.8. The molecule has 108 valence electrons. The first kappa shape index (κ1) is 13.7. The van der Waals surface area contributed by atoms with E-state index in [1.807, 2.05) is 42.5 Å². The Kier molecular flexibility index (Phi) is 3.70. The molecule has 3 rings (SSSR count). The van der Waals surface area contributed by atoms with Crippen LogP contribution in [-0.4, -0.2) is 10.2 Å². The second-order valence-corrected chi connectivity index (χ2v) is 5.54. The zero-order valence-electron chi connectivity index (χ0n) is 12.3. The van der Waals surface area contributed by atoms with Crippen LogP contribution < -0.4 is 0 Å². The van der Waals surface area contributed by atoms with Crippen LogP contribution in [0.4, 0.5) is 0 Å². The van der Waals surface area contributed by atoms with E-state index >= 15 is 0 Å². The Morgan fingerprint density at radius 1 is 0.762 bits per heavy atom. The minimum atomic E-state index is 0.260. The molecule has 2 N–H and O–H groups in total. The fraction of sp³-hybridized carbons (Fsp3) is 0.263. The molecule has 0 aliphatic rings. The molecule has 2 nitrogen and oxygen atoms in total. The Morgan fingerprint density at radius 3 is 2.14 bits per heavy atom. The summed E-state index contributed by atoms with van der Waals surface area (Å²) in [5.74, 6) is 0.543. The number of aryl methyl sites for hydroxylation is 1. The van der Waals surface area contributed by atoms with Crippen LogP contribution in [0.3, 0.4) is 0 Å². The molecule has 0 saturated carbocycles. The fourth-order valence-corrected chi connectivity index (χ4v) is 3.03. The van der Waals surface area contributed by atoms with E-state index in [2.05, 4.69) is 6.92 Å². The van der Waals surface area contributed by atoms with E-state index in [1.165, 1.54) is 12.8 Å². The van der Waals surface area contributed by atoms with Gasteiger partial charge in [0.15, 0.2) is 0 Å². The summed E-state index contributed by atoms with van der Waals surface area (Å²) >= 11 is 0. The zero-order valence-corrected chi connectivity index (χ0v) is 12.3. The van der Waals surface area contributed by atoms with Gasteiger partial charge in [-0.1, -0.05) is 62.2 Å². The molecule has 0 amide bonds. The Labute approximate surface area is 124 Å². The molecule has 0 aliphatic heterocycles. The number of benzene rings is 3. The molecule has 0 fully saturated rings. The topological polar surface area (TPSA) is 40.5 Å². The summed E-state index contributed by atoms with van der Waals surface area (Å²) in [5.41, 5.74) is 1.11. The van der Waals surface area contributed by atoms with Gasteiger partial charge in [0.05, 0.1) is 0 Å². The largest absolute Gasteiger partial charge is 0.507 e. The van der Waals surface area contributed by atoms with Crippen LogP contribution in [0.5, 0.6) is 11.5 Å². The van der Waals surface area contributed by atoms with Gasteiger partial charge in [0.1, 0.15) is 11.5 Å². The number of unbranched alkanes of at least 4 members (excludes halogenated alkanes) is 2. The lowest BCUT2D eigenvalue weighted by molar-refractivity contribution is 0.478. The lowest BCUT2D eigenvalue weighted by Gasteiger charge is -2.13. The minimum Gasteiger partial charge on any atom is -0.507 e. The smallest absolute Gasteiger partial charge is 0.131 e. The van der Waals surface area contributed by atoms with Gasteiger partial charge >= 0.3 is 0 Å². The maximum Gasteiger partial charge on any atom is 0.131 e. The third-order valence-corrected chi connectivity index (χ3v) is 4.13. The first-order valence-electron chi connectivity index (χ1n) is 7.58. The van der Waals surface area contributed by atoms with E-state index in [0.29, 0.717) is 10.8 Å². The van der Waals surface area contributed by atoms with Crippen molar-refractivity contribution < 1.29 is 10.2 Å². The molecule has 0 bridgehead atoms. The lowest BCUT2D eigenvalue weighted by Crippen LogP contribution is -1.90. The summed E-state index contributed by atoms with van der Waals surface area (Å²) in [4.78, 5) is 0. The maximum atomic E-state index is 10.7. The molecule has 3 aromatic rings. The van der Waals surface area contributed by atoms with Crippen LogP contribution in [0.25, 0.3) is 21.5 Å². The molecule has 0 atom stereocenters. The first-order valence-corrected chi connectivity index (χ1v) is 7.58. The average molecular weight is 280 g/mol. The summed E-state index contributed by atoms with van der Waals surface area (Å²) < 4.78 is 0. The quantitative estimate of drug-likeness (QED) is 0.395. The molecule has 21 heavy (non-hydrogen) atoms. The standard InChI is InChI=1S/C19H20O2/c1-2-3-4-8-13-9-7-12-16-17(13)19(21)15-11-6-5-10-14(15)18(16)20/h5-7,9-12,20-21H,2-4,8H2,1H3. The molecule has 0 heterocycles. The van der Waals surface area contributed by atoms with E-state index < -0.39 is 0 Å². The predicted octanol–water partition coefficient (Wildman–Crippen LogP) is 5.14. The van der Waals surface area contributed by atoms with Crippen molar-refractivity contribution >= 4 is 21.5 Å². The predicted molar refractivity (Wildman–Crippen MR) is 88.0 cm³/mol. The van der Waals surface area contributed by atoms with Crippen molar-refractivity contribution in [2.45, 2.75) is 32.6 Å². The molecule has 0 aromatic heterocycles. The van der Waals surface area contributed by atoms with Gasteiger partial charge in [0.25, 0.3) is 0 Å². The number of rotatable bonds is 4. The van der Waals surface area contributed by atoms with Crippen LogP contribution in [0, 0.1) is 0 Å². The Bertz CT molecular complexity index is 790. The Balaban J connectivity index is 2.27. The molecule has 0 spiro atoms. The molecule has 2 heteroatoms. The molecule has 0 unspecified atom stereocenters. The summed E-state index contributed by atoms with van der Waals surface area (Å²) in [7, 11) is 0. The fourth-order valence-electron chi connectivity index (χ4n) is 3.03. The summed E-state index contributed by atoms with van der Waals surface area (Å²) in [5, 5.41) is 24.1. The van der Waals surface area contributed by atoms with Crippen LogP contribution >= 0.6 is 0 Å². The number of phenolic OH excluding ortho intramolecular Hbond substituents is 2. The SMILES string of the molecule is CCCCCc1cccc2c(O)c3ccccc3c(O)c12. The third kappa shape index (κ3) is 2.31. The van der Waals surface area contributed by atoms with E-state index in [1.54, 1.807) is 0 Å². The van der Waals surface area contributed by atoms with Gasteiger partial charge in [-0.05, 0) is 18.4 Å². The Hall–Kier alpha value is -2.22. The van der Waals surface area contributed by atoms with Crippen molar-refractivity contribution in [3.8, 4) is 11.5 Å². The normalized spacial score (nSPS) is 11.3. The summed E-state index contributed by atoms with van der Waals surface area (Å²) in [6.45, 7) is 2.18. The molecular weight excluding hydrogens is 260 g/mol. The van der Waals surface area contributed by atoms with Crippen LogP contribution in [-0.2, 0) is 6.42 Å². The van der Waals surface area contributed by atoms with Gasteiger partial charge in [0.2, 0.25) is 0 Å². The molecule has 0 radical (unpaired) electrons. The van der Waals surface area contributed by atoms with Gasteiger partial charge in [-0.2, -0.15) is 0 Å². The summed E-state index contributed by atoms with van der Waals surface area (Å²) in [6, 6.07) is 13.3. The van der Waals surface area contributed by atoms with Crippen LogP contribution in [0.2, 0.25) is 0 Å². The second kappa shape index (κ2) is 5.65. The van der Waals surface area contributed by atoms with E-state index in [4.69, 9.17) is 0 Å². The van der Waals surface area contributed by atoms with Crippen LogP contribution in [0.1, 0.15) is 31.7 Å². The van der Waals surface area contributed by atoms with Crippen LogP contribution in [0.15, 0.2) is 42.5 Å². The highest BCUT2D eigenvalue weighted by Gasteiger charge is 2.14. The third-order valence-electron chi connectivity index (χ3n) is 4.13. The maximum absolute atomic E-state index is 10.7. The minimum absolute atomic E-state index is 0.260. The van der Waals surface area contributed by atoms with Crippen molar-refractivity contribution in [2.75, 3.05) is 0 Å². The number of hydrogen-bond donors (Lipinski definition) is 2. The second-order valence-electron chi connectivity index (χ2n) is 5.54. The molecule has 3 aromatic carbocycles. The van der Waals surface area contributed by atoms with Crippen molar-refractivity contribution in [1.29, 1.82) is 0 Å². The molecule has 0 saturated heterocycles. The monoisotopic (exact) mass is 280 g/mol. The summed E-state index contributed by atoms with van der Waals surface area (Å²) in [6.07, 6.45) is 4.38. The van der Waals surface area contributed by atoms with E-state index in [-0.39, 0.29) is 11.5 Å². The van der Waals surface area contributed by atoms with Crippen molar-refractivity contribution in [2.24, 2.45) is 0 Å². The highest BCUT2D eigenvalue weighted by atomic mass is 16.3. The molecular formula is C19H20O2. The number of aromatic hydroxyl groups is 2. The Morgan fingerprint density at radius 2 is 1.43 bits per heavy atom. The highest BCUT2D eigenvalue weighted by Crippen LogP contribution is 2.42. The highest BCUT2D eigenvalue weighted by molar-refractivity contribution is 6.11. The van der Waals surface area contributed by atoms with E-state index in [0.717, 1.165) is 29.2 Å². The van der Waals surface area contributed by atoms with Crippen molar-refractivity contribution in [3.05, 3.63) is 48.0 Å². The van der Waals surface area contributed by atoms with E-state index in [9.17, 15) is 10.2 Å². The average Bonchev–Trinajstić information content (AvgIpc) is 2.53. The number of phenols is 2. The van der Waals surface area contributed by atoms with Gasteiger partial charge < -0.3 is 10.2 Å². The van der Waals surface area contributed by atoms with Crippen molar-refractivity contribution in [3.63, 3.8) is 0 Å². The van der Waals surface area contributed by atoms with Crippen molar-refractivity contribution in [1.82, 2.24) is 0 Å². The van der Waals surface area contributed by atoms with Gasteiger partial charge in [-0.15, -0.1) is 0 Å². The number of fused-ring (bicyclic) bond motifs is 2. The molecule has 0 aliphatic carbocycles. The van der Waals surface area contributed by atoms with Gasteiger partial charge in [0, 0.05) is 21.5 Å². The lowest BCUT2D eigenvalue weighted by atomic mass is 9.94.